The molecule has 0 amide bonds. The van der Waals surface area contributed by atoms with Gasteiger partial charge < -0.3 is 4.98 Å². The molecular formula is C14H12N2O. The normalized spacial score (nSPS) is 14.8. The molecule has 1 aliphatic rings. The Labute approximate surface area is 99.1 Å². The molecule has 0 saturated heterocycles. The van der Waals surface area contributed by atoms with E-state index in [2.05, 4.69) is 11.1 Å². The van der Waals surface area contributed by atoms with E-state index in [0.29, 0.717) is 17.9 Å². The van der Waals surface area contributed by atoms with Gasteiger partial charge in [-0.2, -0.15) is 5.26 Å². The van der Waals surface area contributed by atoms with Crippen LogP contribution in [0.3, 0.4) is 0 Å². The second-order valence-electron chi connectivity index (χ2n) is 4.65. The number of nitrogens with zero attached hydrogens (tertiary/aromatic N) is 1. The van der Waals surface area contributed by atoms with Crippen LogP contribution in [0.15, 0.2) is 24.4 Å². The summed E-state index contributed by atoms with van der Waals surface area (Å²) in [5.74, 6) is 0.778. The van der Waals surface area contributed by atoms with Gasteiger partial charge in [0.15, 0.2) is 5.78 Å². The number of Topliss-reactive ketones (excluding diaryl/α,β-unsaturated/α-hetero) is 1. The molecule has 0 radical (unpaired) electrons. The summed E-state index contributed by atoms with van der Waals surface area (Å²) in [6.45, 7) is 0. The molecule has 0 bridgehead atoms. The van der Waals surface area contributed by atoms with Crippen molar-refractivity contribution in [2.45, 2.75) is 19.3 Å². The molecule has 1 aromatic carbocycles. The predicted octanol–water partition coefficient (Wildman–Crippen LogP) is 3.02. The highest BCUT2D eigenvalue weighted by atomic mass is 16.1. The van der Waals surface area contributed by atoms with Crippen LogP contribution in [0.4, 0.5) is 0 Å². The molecule has 1 N–H and O–H groups in total. The van der Waals surface area contributed by atoms with E-state index in [1.807, 2.05) is 6.07 Å². The molecule has 1 saturated carbocycles. The van der Waals surface area contributed by atoms with Gasteiger partial charge in [0.1, 0.15) is 0 Å². The molecule has 3 rings (SSSR count). The Morgan fingerprint density at radius 3 is 3.00 bits per heavy atom. The fourth-order valence-corrected chi connectivity index (χ4v) is 2.11. The molecule has 3 nitrogen and oxygen atoms in total. The SMILES string of the molecule is N#Cc1ccc2[nH]cc(C(=O)CC3CC3)c2c1. The fraction of sp³-hybridized carbons (Fsp3) is 0.286. The van der Waals surface area contributed by atoms with Crippen LogP contribution in [0, 0.1) is 17.2 Å². The van der Waals surface area contributed by atoms with Crippen molar-refractivity contribution in [2.75, 3.05) is 0 Å². The van der Waals surface area contributed by atoms with Crippen LogP contribution in [0.25, 0.3) is 10.9 Å². The second-order valence-corrected chi connectivity index (χ2v) is 4.65. The number of aromatic nitrogens is 1. The first-order valence-electron chi connectivity index (χ1n) is 5.82. The van der Waals surface area contributed by atoms with Gasteiger partial charge in [0.25, 0.3) is 0 Å². The van der Waals surface area contributed by atoms with Gasteiger partial charge in [-0.3, -0.25) is 4.79 Å². The Morgan fingerprint density at radius 1 is 1.47 bits per heavy atom. The Kier molecular flexibility index (Phi) is 2.22. The van der Waals surface area contributed by atoms with E-state index in [1.54, 1.807) is 18.3 Å². The molecule has 3 heteroatoms. The monoisotopic (exact) mass is 224 g/mol. The van der Waals surface area contributed by atoms with E-state index >= 15 is 0 Å². The summed E-state index contributed by atoms with van der Waals surface area (Å²) < 4.78 is 0. The van der Waals surface area contributed by atoms with Crippen LogP contribution in [-0.2, 0) is 0 Å². The highest BCUT2D eigenvalue weighted by Crippen LogP contribution is 2.34. The van der Waals surface area contributed by atoms with E-state index in [4.69, 9.17) is 5.26 Å². The van der Waals surface area contributed by atoms with Gasteiger partial charge in [0.2, 0.25) is 0 Å². The van der Waals surface area contributed by atoms with Gasteiger partial charge in [0.05, 0.1) is 11.6 Å². The molecule has 0 unspecified atom stereocenters. The number of carbonyl (C=O) groups is 1. The minimum Gasteiger partial charge on any atom is -0.360 e. The summed E-state index contributed by atoms with van der Waals surface area (Å²) in [7, 11) is 0. The van der Waals surface area contributed by atoms with Gasteiger partial charge in [-0.05, 0) is 37.0 Å². The molecule has 0 aliphatic heterocycles. The number of H-pyrrole nitrogens is 1. The Balaban J connectivity index is 2.03. The Hall–Kier alpha value is -2.08. The van der Waals surface area contributed by atoms with Crippen molar-refractivity contribution in [3.63, 3.8) is 0 Å². The third kappa shape index (κ3) is 1.83. The van der Waals surface area contributed by atoms with Crippen LogP contribution < -0.4 is 0 Å². The minimum absolute atomic E-state index is 0.189. The molecule has 84 valence electrons. The maximum Gasteiger partial charge on any atom is 0.165 e. The third-order valence-electron chi connectivity index (χ3n) is 3.28. The maximum atomic E-state index is 12.1. The first-order valence-corrected chi connectivity index (χ1v) is 5.82. The number of hydrogen-bond acceptors (Lipinski definition) is 2. The molecule has 17 heavy (non-hydrogen) atoms. The number of fused-ring (bicyclic) bond motifs is 1. The van der Waals surface area contributed by atoms with Gasteiger partial charge in [0, 0.05) is 29.1 Å². The summed E-state index contributed by atoms with van der Waals surface area (Å²) in [4.78, 5) is 15.2. The molecule has 1 aliphatic carbocycles. The van der Waals surface area contributed by atoms with Gasteiger partial charge in [-0.15, -0.1) is 0 Å². The zero-order chi connectivity index (χ0) is 11.8. The lowest BCUT2D eigenvalue weighted by Gasteiger charge is -1.98. The van der Waals surface area contributed by atoms with Crippen molar-refractivity contribution in [1.82, 2.24) is 4.98 Å². The first kappa shape index (κ1) is 10.1. The highest BCUT2D eigenvalue weighted by Gasteiger charge is 2.25. The molecular weight excluding hydrogens is 212 g/mol. The lowest BCUT2D eigenvalue weighted by Crippen LogP contribution is -1.98. The third-order valence-corrected chi connectivity index (χ3v) is 3.28. The molecule has 1 fully saturated rings. The van der Waals surface area contributed by atoms with Crippen LogP contribution >= 0.6 is 0 Å². The van der Waals surface area contributed by atoms with Crippen LogP contribution in [0.1, 0.15) is 35.2 Å². The zero-order valence-electron chi connectivity index (χ0n) is 9.36. The van der Waals surface area contributed by atoms with E-state index in [-0.39, 0.29) is 5.78 Å². The van der Waals surface area contributed by atoms with Crippen molar-refractivity contribution < 1.29 is 4.79 Å². The predicted molar refractivity (Wildman–Crippen MR) is 64.7 cm³/mol. The summed E-state index contributed by atoms with van der Waals surface area (Å²) in [6.07, 6.45) is 4.76. The number of carbonyl (C=O) groups excluding carboxylic acids is 1. The summed E-state index contributed by atoms with van der Waals surface area (Å²) in [5.41, 5.74) is 2.24. The largest absolute Gasteiger partial charge is 0.360 e. The number of benzene rings is 1. The Bertz CT molecular complexity index is 629. The number of ketones is 1. The Morgan fingerprint density at radius 2 is 2.29 bits per heavy atom. The number of rotatable bonds is 3. The standard InChI is InChI=1S/C14H12N2O/c15-7-10-3-4-13-11(5-10)12(8-16-13)14(17)6-9-1-2-9/h3-5,8-9,16H,1-2,6H2. The molecule has 2 aromatic rings. The van der Waals surface area contributed by atoms with Gasteiger partial charge in [-0.25, -0.2) is 0 Å². The number of aromatic amines is 1. The molecule has 0 spiro atoms. The van der Waals surface area contributed by atoms with E-state index in [9.17, 15) is 4.79 Å². The molecule has 1 heterocycles. The van der Waals surface area contributed by atoms with E-state index < -0.39 is 0 Å². The lowest BCUT2D eigenvalue weighted by atomic mass is 10.0. The quantitative estimate of drug-likeness (QED) is 0.815. The number of nitrogens with one attached hydrogen (secondary N) is 1. The fourth-order valence-electron chi connectivity index (χ4n) is 2.11. The number of hydrogen-bond donors (Lipinski definition) is 1. The van der Waals surface area contributed by atoms with Crippen LogP contribution in [-0.4, -0.2) is 10.8 Å². The summed E-state index contributed by atoms with van der Waals surface area (Å²) >= 11 is 0. The maximum absolute atomic E-state index is 12.1. The minimum atomic E-state index is 0.189. The van der Waals surface area contributed by atoms with Gasteiger partial charge >= 0.3 is 0 Å². The second kappa shape index (κ2) is 3.74. The van der Waals surface area contributed by atoms with E-state index in [0.717, 1.165) is 16.5 Å². The lowest BCUT2D eigenvalue weighted by molar-refractivity contribution is 0.0977. The summed E-state index contributed by atoms with van der Waals surface area (Å²) in [5, 5.41) is 9.74. The highest BCUT2D eigenvalue weighted by molar-refractivity contribution is 6.08. The van der Waals surface area contributed by atoms with Crippen molar-refractivity contribution in [2.24, 2.45) is 5.92 Å². The topological polar surface area (TPSA) is 56.6 Å². The van der Waals surface area contributed by atoms with Crippen molar-refractivity contribution >= 4 is 16.7 Å². The summed E-state index contributed by atoms with van der Waals surface area (Å²) in [6, 6.07) is 7.49. The zero-order valence-corrected chi connectivity index (χ0v) is 9.36. The molecule has 1 aromatic heterocycles. The average Bonchev–Trinajstić information content (AvgIpc) is 3.05. The van der Waals surface area contributed by atoms with E-state index in [1.165, 1.54) is 12.8 Å². The van der Waals surface area contributed by atoms with Crippen molar-refractivity contribution in [3.05, 3.63) is 35.5 Å². The smallest absolute Gasteiger partial charge is 0.165 e. The van der Waals surface area contributed by atoms with Crippen molar-refractivity contribution in [1.29, 1.82) is 5.26 Å². The van der Waals surface area contributed by atoms with Crippen molar-refractivity contribution in [3.8, 4) is 6.07 Å². The van der Waals surface area contributed by atoms with Crippen LogP contribution in [0.2, 0.25) is 0 Å². The van der Waals surface area contributed by atoms with Gasteiger partial charge in [-0.1, -0.05) is 0 Å². The first-order chi connectivity index (χ1) is 8.28. The van der Waals surface area contributed by atoms with Crippen LogP contribution in [0.5, 0.6) is 0 Å². The molecule has 0 atom stereocenters. The number of nitriles is 1. The average molecular weight is 224 g/mol.